The maximum Gasteiger partial charge on any atom is 0.109 e. The number of nitrogens with one attached hydrogen (secondary N) is 1. The van der Waals surface area contributed by atoms with Crippen molar-refractivity contribution in [1.29, 1.82) is 0 Å². The number of aromatic nitrogens is 1. The van der Waals surface area contributed by atoms with Crippen LogP contribution in [-0.2, 0) is 6.42 Å². The van der Waals surface area contributed by atoms with Crippen LogP contribution in [-0.4, -0.2) is 11.5 Å². The van der Waals surface area contributed by atoms with E-state index in [1.54, 1.807) is 11.3 Å². The highest BCUT2D eigenvalue weighted by molar-refractivity contribution is 7.11. The second-order valence-corrected chi connectivity index (χ2v) is 5.75. The van der Waals surface area contributed by atoms with Crippen LogP contribution in [0, 0.1) is 6.92 Å². The van der Waals surface area contributed by atoms with E-state index in [0.29, 0.717) is 6.04 Å². The average Bonchev–Trinajstić information content (AvgIpc) is 2.76. The normalized spacial score (nSPS) is 12.6. The minimum Gasteiger partial charge on any atom is -0.399 e. The van der Waals surface area contributed by atoms with Gasteiger partial charge in [0.25, 0.3) is 0 Å². The summed E-state index contributed by atoms with van der Waals surface area (Å²) in [5.41, 5.74) is 7.85. The van der Waals surface area contributed by atoms with Crippen molar-refractivity contribution >= 4 is 17.0 Å². The molecule has 96 valence electrons. The van der Waals surface area contributed by atoms with Gasteiger partial charge >= 0.3 is 0 Å². The highest BCUT2D eigenvalue weighted by Gasteiger charge is 2.08. The maximum atomic E-state index is 5.76. The van der Waals surface area contributed by atoms with Crippen LogP contribution in [0.4, 0.5) is 5.69 Å². The lowest BCUT2D eigenvalue weighted by molar-refractivity contribution is 0.574. The van der Waals surface area contributed by atoms with Gasteiger partial charge in [0.05, 0.1) is 6.04 Å². The Morgan fingerprint density at radius 2 is 2.28 bits per heavy atom. The lowest BCUT2D eigenvalue weighted by atomic mass is 10.1. The van der Waals surface area contributed by atoms with E-state index >= 15 is 0 Å². The number of aryl methyl sites for hydroxylation is 1. The molecule has 0 aliphatic rings. The minimum absolute atomic E-state index is 0.310. The number of hydrogen-bond donors (Lipinski definition) is 2. The largest absolute Gasteiger partial charge is 0.399 e. The standard InChI is InChI=1S/C14H19N3S/c1-10-9-17-14(18-10)11(2)16-7-6-12-4-3-5-13(15)8-12/h3-5,8-9,11,16H,6-7,15H2,1-2H3. The number of nitrogens with two attached hydrogens (primary N) is 1. The Balaban J connectivity index is 1.82. The van der Waals surface area contributed by atoms with Gasteiger partial charge in [-0.3, -0.25) is 0 Å². The summed E-state index contributed by atoms with van der Waals surface area (Å²) >= 11 is 1.75. The Morgan fingerprint density at radius 3 is 2.94 bits per heavy atom. The molecule has 2 aromatic rings. The third-order valence-corrected chi connectivity index (χ3v) is 3.92. The van der Waals surface area contributed by atoms with Gasteiger partial charge in [-0.1, -0.05) is 12.1 Å². The zero-order valence-corrected chi connectivity index (χ0v) is 11.6. The molecule has 1 atom stereocenters. The topological polar surface area (TPSA) is 50.9 Å². The highest BCUT2D eigenvalue weighted by Crippen LogP contribution is 2.18. The minimum atomic E-state index is 0.310. The number of anilines is 1. The molecule has 0 saturated carbocycles. The predicted octanol–water partition coefficient (Wildman–Crippen LogP) is 2.93. The van der Waals surface area contributed by atoms with Gasteiger partial charge in [0.15, 0.2) is 0 Å². The Hall–Kier alpha value is -1.39. The fourth-order valence-corrected chi connectivity index (χ4v) is 2.64. The molecule has 0 spiro atoms. The van der Waals surface area contributed by atoms with E-state index in [1.165, 1.54) is 10.4 Å². The molecule has 4 heteroatoms. The van der Waals surface area contributed by atoms with Crippen LogP contribution < -0.4 is 11.1 Å². The van der Waals surface area contributed by atoms with E-state index in [4.69, 9.17) is 5.73 Å². The van der Waals surface area contributed by atoms with Crippen molar-refractivity contribution in [3.8, 4) is 0 Å². The summed E-state index contributed by atoms with van der Waals surface area (Å²) < 4.78 is 0. The summed E-state index contributed by atoms with van der Waals surface area (Å²) in [5.74, 6) is 0. The lowest BCUT2D eigenvalue weighted by Crippen LogP contribution is -2.21. The summed E-state index contributed by atoms with van der Waals surface area (Å²) in [6.45, 7) is 5.17. The van der Waals surface area contributed by atoms with E-state index < -0.39 is 0 Å². The fourth-order valence-electron chi connectivity index (χ4n) is 1.84. The van der Waals surface area contributed by atoms with Crippen molar-refractivity contribution in [3.63, 3.8) is 0 Å². The molecule has 1 aromatic carbocycles. The smallest absolute Gasteiger partial charge is 0.109 e. The molecular weight excluding hydrogens is 242 g/mol. The monoisotopic (exact) mass is 261 g/mol. The van der Waals surface area contributed by atoms with Crippen LogP contribution in [0.1, 0.15) is 28.4 Å². The average molecular weight is 261 g/mol. The zero-order valence-electron chi connectivity index (χ0n) is 10.8. The molecule has 1 aromatic heterocycles. The van der Waals surface area contributed by atoms with E-state index in [9.17, 15) is 0 Å². The lowest BCUT2D eigenvalue weighted by Gasteiger charge is -2.11. The van der Waals surface area contributed by atoms with Crippen LogP contribution in [0.15, 0.2) is 30.5 Å². The SMILES string of the molecule is Cc1cnc(C(C)NCCc2cccc(N)c2)s1. The van der Waals surface area contributed by atoms with Gasteiger partial charge in [-0.2, -0.15) is 0 Å². The molecule has 0 fully saturated rings. The molecule has 1 unspecified atom stereocenters. The number of rotatable bonds is 5. The van der Waals surface area contributed by atoms with Gasteiger partial charge in [-0.25, -0.2) is 4.98 Å². The van der Waals surface area contributed by atoms with E-state index in [2.05, 4.69) is 30.2 Å². The van der Waals surface area contributed by atoms with Crippen molar-refractivity contribution in [2.45, 2.75) is 26.3 Å². The number of nitrogen functional groups attached to an aromatic ring is 1. The number of thiazole rings is 1. The second-order valence-electron chi connectivity index (χ2n) is 4.48. The van der Waals surface area contributed by atoms with Crippen molar-refractivity contribution in [2.24, 2.45) is 0 Å². The van der Waals surface area contributed by atoms with E-state index in [1.807, 2.05) is 24.4 Å². The maximum absolute atomic E-state index is 5.76. The zero-order chi connectivity index (χ0) is 13.0. The van der Waals surface area contributed by atoms with Gasteiger partial charge in [0.2, 0.25) is 0 Å². The van der Waals surface area contributed by atoms with E-state index in [-0.39, 0.29) is 0 Å². The fraction of sp³-hybridized carbons (Fsp3) is 0.357. The van der Waals surface area contributed by atoms with Crippen LogP contribution in [0.2, 0.25) is 0 Å². The highest BCUT2D eigenvalue weighted by atomic mass is 32.1. The summed E-state index contributed by atoms with van der Waals surface area (Å²) in [6, 6.07) is 8.36. The van der Waals surface area contributed by atoms with Gasteiger partial charge in [-0.15, -0.1) is 11.3 Å². The first-order chi connectivity index (χ1) is 8.65. The van der Waals surface area contributed by atoms with Crippen molar-refractivity contribution in [1.82, 2.24) is 10.3 Å². The molecule has 1 heterocycles. The van der Waals surface area contributed by atoms with Gasteiger partial charge in [0, 0.05) is 16.8 Å². The first-order valence-corrected chi connectivity index (χ1v) is 6.97. The van der Waals surface area contributed by atoms with Crippen LogP contribution in [0.3, 0.4) is 0 Å². The van der Waals surface area contributed by atoms with Crippen molar-refractivity contribution in [3.05, 3.63) is 45.9 Å². The summed E-state index contributed by atoms with van der Waals surface area (Å²) in [4.78, 5) is 5.65. The molecule has 2 rings (SSSR count). The van der Waals surface area contributed by atoms with Gasteiger partial charge < -0.3 is 11.1 Å². The molecule has 0 radical (unpaired) electrons. The van der Waals surface area contributed by atoms with Crippen LogP contribution in [0.25, 0.3) is 0 Å². The summed E-state index contributed by atoms with van der Waals surface area (Å²) in [5, 5.41) is 4.64. The quantitative estimate of drug-likeness (QED) is 0.814. The number of hydrogen-bond acceptors (Lipinski definition) is 4. The number of nitrogens with zero attached hydrogens (tertiary/aromatic N) is 1. The van der Waals surface area contributed by atoms with Gasteiger partial charge in [0.1, 0.15) is 5.01 Å². The molecule has 18 heavy (non-hydrogen) atoms. The third kappa shape index (κ3) is 3.55. The van der Waals surface area contributed by atoms with Crippen LogP contribution in [0.5, 0.6) is 0 Å². The molecule has 3 nitrogen and oxygen atoms in total. The first kappa shape index (κ1) is 13.1. The third-order valence-electron chi connectivity index (χ3n) is 2.82. The Bertz CT molecular complexity index is 507. The molecule has 0 aliphatic carbocycles. The van der Waals surface area contributed by atoms with Crippen LogP contribution >= 0.6 is 11.3 Å². The Morgan fingerprint density at radius 1 is 1.44 bits per heavy atom. The van der Waals surface area contributed by atoms with Gasteiger partial charge in [-0.05, 0) is 44.5 Å². The Labute approximate surface area is 112 Å². The molecule has 3 N–H and O–H groups in total. The summed E-state index contributed by atoms with van der Waals surface area (Å²) in [7, 11) is 0. The number of benzene rings is 1. The van der Waals surface area contributed by atoms with E-state index in [0.717, 1.165) is 23.7 Å². The Kier molecular flexibility index (Phi) is 4.33. The molecule has 0 bridgehead atoms. The first-order valence-electron chi connectivity index (χ1n) is 6.15. The molecular formula is C14H19N3S. The second kappa shape index (κ2) is 5.98. The molecule has 0 aliphatic heterocycles. The van der Waals surface area contributed by atoms with Crippen molar-refractivity contribution in [2.75, 3.05) is 12.3 Å². The summed E-state index contributed by atoms with van der Waals surface area (Å²) in [6.07, 6.45) is 2.91. The van der Waals surface area contributed by atoms with Crippen molar-refractivity contribution < 1.29 is 0 Å². The molecule has 0 saturated heterocycles. The molecule has 0 amide bonds. The predicted molar refractivity (Wildman–Crippen MR) is 77.8 cm³/mol.